The highest BCUT2D eigenvalue weighted by molar-refractivity contribution is 6.31. The highest BCUT2D eigenvalue weighted by Gasteiger charge is 2.40. The molecule has 1 saturated carbocycles. The number of hydrogen-bond acceptors (Lipinski definition) is 2. The smallest absolute Gasteiger partial charge is 0.123 e. The Balaban J connectivity index is 1.94. The number of methoxy groups -OCH3 is 1. The maximum atomic E-state index is 6.29. The summed E-state index contributed by atoms with van der Waals surface area (Å²) in [6.07, 6.45) is 1.21. The normalized spacial score (nSPS) is 22.3. The SMILES string of the molecule is COc1cccc(Cl)c1C1CC1CNCC(C)C. The number of benzene rings is 1. The molecule has 2 atom stereocenters. The lowest BCUT2D eigenvalue weighted by Gasteiger charge is -2.11. The third kappa shape index (κ3) is 3.18. The molecule has 0 radical (unpaired) electrons. The molecule has 1 aliphatic carbocycles. The van der Waals surface area contributed by atoms with Crippen molar-refractivity contribution in [3.05, 3.63) is 28.8 Å². The van der Waals surface area contributed by atoms with Gasteiger partial charge in [0, 0.05) is 10.6 Å². The third-order valence-electron chi connectivity index (χ3n) is 3.49. The molecular weight excluding hydrogens is 246 g/mol. The molecule has 1 aromatic carbocycles. The van der Waals surface area contributed by atoms with Gasteiger partial charge in [0.05, 0.1) is 7.11 Å². The average Bonchev–Trinajstić information content (AvgIpc) is 3.07. The average molecular weight is 268 g/mol. The molecule has 0 bridgehead atoms. The minimum Gasteiger partial charge on any atom is -0.496 e. The van der Waals surface area contributed by atoms with E-state index in [-0.39, 0.29) is 0 Å². The van der Waals surface area contributed by atoms with Crippen LogP contribution in [0.5, 0.6) is 5.75 Å². The zero-order chi connectivity index (χ0) is 13.1. The van der Waals surface area contributed by atoms with E-state index in [9.17, 15) is 0 Å². The molecule has 1 N–H and O–H groups in total. The topological polar surface area (TPSA) is 21.3 Å². The monoisotopic (exact) mass is 267 g/mol. The predicted octanol–water partition coefficient (Wildman–Crippen LogP) is 3.70. The Bertz CT molecular complexity index is 405. The Morgan fingerprint density at radius 3 is 2.89 bits per heavy atom. The number of halogens is 1. The van der Waals surface area contributed by atoms with Gasteiger partial charge in [0.2, 0.25) is 0 Å². The first-order chi connectivity index (χ1) is 8.63. The van der Waals surface area contributed by atoms with Crippen LogP contribution in [0.3, 0.4) is 0 Å². The largest absolute Gasteiger partial charge is 0.496 e. The molecule has 0 aliphatic heterocycles. The van der Waals surface area contributed by atoms with Gasteiger partial charge in [0.25, 0.3) is 0 Å². The van der Waals surface area contributed by atoms with Gasteiger partial charge in [0.1, 0.15) is 5.75 Å². The fourth-order valence-corrected chi connectivity index (χ4v) is 2.75. The first-order valence-corrected chi connectivity index (χ1v) is 7.04. The summed E-state index contributed by atoms with van der Waals surface area (Å²) in [4.78, 5) is 0. The molecule has 2 nitrogen and oxygen atoms in total. The molecule has 1 aliphatic rings. The molecule has 0 spiro atoms. The maximum Gasteiger partial charge on any atom is 0.123 e. The number of ether oxygens (including phenoxy) is 1. The lowest BCUT2D eigenvalue weighted by Crippen LogP contribution is -2.22. The van der Waals surface area contributed by atoms with Crippen LogP contribution >= 0.6 is 11.6 Å². The van der Waals surface area contributed by atoms with E-state index in [4.69, 9.17) is 16.3 Å². The minimum absolute atomic E-state index is 0.563. The predicted molar refractivity (Wildman–Crippen MR) is 76.6 cm³/mol. The zero-order valence-corrected chi connectivity index (χ0v) is 12.1. The Morgan fingerprint density at radius 1 is 1.44 bits per heavy atom. The van der Waals surface area contributed by atoms with Crippen LogP contribution in [-0.4, -0.2) is 20.2 Å². The van der Waals surface area contributed by atoms with Crippen LogP contribution < -0.4 is 10.1 Å². The third-order valence-corrected chi connectivity index (χ3v) is 3.81. The van der Waals surface area contributed by atoms with E-state index in [2.05, 4.69) is 19.2 Å². The summed E-state index contributed by atoms with van der Waals surface area (Å²) in [6, 6.07) is 5.90. The minimum atomic E-state index is 0.563. The molecule has 0 saturated heterocycles. The van der Waals surface area contributed by atoms with Crippen LogP contribution in [0.15, 0.2) is 18.2 Å². The van der Waals surface area contributed by atoms with E-state index < -0.39 is 0 Å². The van der Waals surface area contributed by atoms with Crippen LogP contribution in [-0.2, 0) is 0 Å². The zero-order valence-electron chi connectivity index (χ0n) is 11.4. The van der Waals surface area contributed by atoms with Crippen LogP contribution in [0.4, 0.5) is 0 Å². The van der Waals surface area contributed by atoms with Gasteiger partial charge in [-0.1, -0.05) is 31.5 Å². The van der Waals surface area contributed by atoms with Gasteiger partial charge >= 0.3 is 0 Å². The summed E-state index contributed by atoms with van der Waals surface area (Å²) < 4.78 is 5.41. The van der Waals surface area contributed by atoms with Crippen molar-refractivity contribution in [3.63, 3.8) is 0 Å². The van der Waals surface area contributed by atoms with Gasteiger partial charge in [-0.3, -0.25) is 0 Å². The molecule has 18 heavy (non-hydrogen) atoms. The van der Waals surface area contributed by atoms with E-state index in [0.717, 1.165) is 23.9 Å². The quantitative estimate of drug-likeness (QED) is 0.849. The highest BCUT2D eigenvalue weighted by Crippen LogP contribution is 2.52. The summed E-state index contributed by atoms with van der Waals surface area (Å²) >= 11 is 6.29. The van der Waals surface area contributed by atoms with Gasteiger partial charge in [-0.05, 0) is 49.4 Å². The molecule has 2 rings (SSSR count). The van der Waals surface area contributed by atoms with Crippen molar-refractivity contribution >= 4 is 11.6 Å². The van der Waals surface area contributed by atoms with Gasteiger partial charge in [0.15, 0.2) is 0 Å². The second-order valence-electron chi connectivity index (χ2n) is 5.51. The van der Waals surface area contributed by atoms with Gasteiger partial charge in [-0.15, -0.1) is 0 Å². The molecule has 0 aromatic heterocycles. The van der Waals surface area contributed by atoms with Crippen LogP contribution in [0.2, 0.25) is 5.02 Å². The van der Waals surface area contributed by atoms with Gasteiger partial charge in [-0.2, -0.15) is 0 Å². The molecular formula is C15H22ClNO. The van der Waals surface area contributed by atoms with E-state index in [1.807, 2.05) is 18.2 Å². The van der Waals surface area contributed by atoms with Crippen LogP contribution in [0.25, 0.3) is 0 Å². The first kappa shape index (κ1) is 13.7. The molecule has 2 unspecified atom stereocenters. The van der Waals surface area contributed by atoms with Gasteiger partial charge in [-0.25, -0.2) is 0 Å². The highest BCUT2D eigenvalue weighted by atomic mass is 35.5. The molecule has 1 fully saturated rings. The summed E-state index contributed by atoms with van der Waals surface area (Å²) in [7, 11) is 1.71. The fourth-order valence-electron chi connectivity index (χ4n) is 2.44. The van der Waals surface area contributed by atoms with E-state index >= 15 is 0 Å². The van der Waals surface area contributed by atoms with Crippen LogP contribution in [0, 0.1) is 11.8 Å². The number of nitrogens with one attached hydrogen (secondary N) is 1. The standard InChI is InChI=1S/C15H22ClNO/c1-10(2)8-17-9-11-7-12(11)15-13(16)5-4-6-14(15)18-3/h4-6,10-12,17H,7-9H2,1-3H3. The van der Waals surface area contributed by atoms with Crippen molar-refractivity contribution in [3.8, 4) is 5.75 Å². The Labute approximate surface area is 115 Å². The first-order valence-electron chi connectivity index (χ1n) is 6.66. The lowest BCUT2D eigenvalue weighted by atomic mass is 10.1. The van der Waals surface area contributed by atoms with E-state index in [0.29, 0.717) is 17.8 Å². The molecule has 3 heteroatoms. The van der Waals surface area contributed by atoms with Crippen molar-refractivity contribution in [1.29, 1.82) is 0 Å². The summed E-state index contributed by atoms with van der Waals surface area (Å²) in [5, 5.41) is 4.36. The second kappa shape index (κ2) is 5.94. The Kier molecular flexibility index (Phi) is 4.52. The van der Waals surface area contributed by atoms with E-state index in [1.54, 1.807) is 7.11 Å². The Hall–Kier alpha value is -0.730. The maximum absolute atomic E-state index is 6.29. The van der Waals surface area contributed by atoms with Crippen molar-refractivity contribution in [2.75, 3.05) is 20.2 Å². The fraction of sp³-hybridized carbons (Fsp3) is 0.600. The van der Waals surface area contributed by atoms with Crippen molar-refractivity contribution in [2.24, 2.45) is 11.8 Å². The summed E-state index contributed by atoms with van der Waals surface area (Å²) in [6.45, 7) is 6.63. The molecule has 100 valence electrons. The van der Waals surface area contributed by atoms with Gasteiger partial charge < -0.3 is 10.1 Å². The molecule has 0 amide bonds. The van der Waals surface area contributed by atoms with Crippen molar-refractivity contribution in [2.45, 2.75) is 26.2 Å². The van der Waals surface area contributed by atoms with Crippen LogP contribution in [0.1, 0.15) is 31.7 Å². The molecule has 0 heterocycles. The summed E-state index contributed by atoms with van der Waals surface area (Å²) in [5.74, 6) is 2.90. The lowest BCUT2D eigenvalue weighted by molar-refractivity contribution is 0.409. The van der Waals surface area contributed by atoms with Crippen molar-refractivity contribution in [1.82, 2.24) is 5.32 Å². The Morgan fingerprint density at radius 2 is 2.22 bits per heavy atom. The van der Waals surface area contributed by atoms with Crippen molar-refractivity contribution < 1.29 is 4.74 Å². The number of hydrogen-bond donors (Lipinski definition) is 1. The number of rotatable bonds is 6. The second-order valence-corrected chi connectivity index (χ2v) is 5.92. The summed E-state index contributed by atoms with van der Waals surface area (Å²) in [5.41, 5.74) is 1.19. The molecule has 1 aromatic rings. The van der Waals surface area contributed by atoms with E-state index in [1.165, 1.54) is 12.0 Å².